The van der Waals surface area contributed by atoms with E-state index in [-0.39, 0.29) is 5.91 Å². The Kier molecular flexibility index (Phi) is 5.47. The predicted octanol–water partition coefficient (Wildman–Crippen LogP) is 5.67. The molecule has 2 aromatic heterocycles. The summed E-state index contributed by atoms with van der Waals surface area (Å²) in [5.41, 5.74) is 3.47. The molecule has 0 aliphatic heterocycles. The second-order valence-corrected chi connectivity index (χ2v) is 8.01. The molecule has 2 heterocycles. The van der Waals surface area contributed by atoms with Crippen LogP contribution in [0.25, 0.3) is 21.8 Å². The number of aryl methyl sites for hydroxylation is 2. The van der Waals surface area contributed by atoms with Crippen molar-refractivity contribution in [3.63, 3.8) is 0 Å². The number of carbonyl (C=O) groups excluding carboxylic acids is 1. The highest BCUT2D eigenvalue weighted by molar-refractivity contribution is 7.15. The molecule has 0 atom stereocenters. The molecule has 5 nitrogen and oxygen atoms in total. The van der Waals surface area contributed by atoms with Crippen molar-refractivity contribution >= 4 is 28.8 Å². The molecule has 2 aromatic carbocycles. The highest BCUT2D eigenvalue weighted by Crippen LogP contribution is 2.31. The predicted molar refractivity (Wildman–Crippen MR) is 115 cm³/mol. The Bertz CT molecular complexity index is 1170. The van der Waals surface area contributed by atoms with Gasteiger partial charge in [0.15, 0.2) is 0 Å². The number of rotatable bonds is 5. The topological polar surface area (TPSA) is 68.0 Å². The van der Waals surface area contributed by atoms with Crippen molar-refractivity contribution in [3.8, 4) is 21.8 Å². The second kappa shape index (κ2) is 8.19. The van der Waals surface area contributed by atoms with Gasteiger partial charge in [0.2, 0.25) is 0 Å². The zero-order chi connectivity index (χ0) is 20.4. The molecule has 4 aromatic rings. The van der Waals surface area contributed by atoms with Crippen LogP contribution in [0.4, 0.5) is 0 Å². The molecule has 0 radical (unpaired) electrons. The molecule has 1 amide bonds. The normalized spacial score (nSPS) is 10.9. The van der Waals surface area contributed by atoms with Crippen molar-refractivity contribution < 1.29 is 9.32 Å². The molecule has 0 fully saturated rings. The Morgan fingerprint density at radius 1 is 1.10 bits per heavy atom. The van der Waals surface area contributed by atoms with E-state index in [1.807, 2.05) is 55.5 Å². The Hall–Kier alpha value is -2.96. The molecular formula is C22H18ClN3O2S. The van der Waals surface area contributed by atoms with Gasteiger partial charge in [0.1, 0.15) is 22.0 Å². The van der Waals surface area contributed by atoms with Gasteiger partial charge in [0.05, 0.1) is 17.3 Å². The molecule has 0 bridgehead atoms. The first-order valence-corrected chi connectivity index (χ1v) is 10.2. The lowest BCUT2D eigenvalue weighted by atomic mass is 10.1. The summed E-state index contributed by atoms with van der Waals surface area (Å²) in [4.78, 5) is 18.6. The van der Waals surface area contributed by atoms with Crippen LogP contribution >= 0.6 is 22.9 Å². The molecule has 7 heteroatoms. The average Bonchev–Trinajstić information content (AvgIpc) is 3.30. The molecule has 4 rings (SSSR count). The Labute approximate surface area is 177 Å². The molecule has 29 heavy (non-hydrogen) atoms. The largest absolute Gasteiger partial charge is 0.360 e. The Morgan fingerprint density at radius 3 is 2.59 bits per heavy atom. The van der Waals surface area contributed by atoms with E-state index in [1.165, 1.54) is 0 Å². The SMILES string of the molecule is Cc1nc(-c2ccccc2)sc1CNC(=O)c1c(-c2ccccc2Cl)noc1C. The summed E-state index contributed by atoms with van der Waals surface area (Å²) in [6.45, 7) is 4.04. The van der Waals surface area contributed by atoms with Gasteiger partial charge in [-0.05, 0) is 19.9 Å². The smallest absolute Gasteiger partial charge is 0.257 e. The molecule has 1 N–H and O–H groups in total. The molecule has 0 unspecified atom stereocenters. The lowest BCUT2D eigenvalue weighted by molar-refractivity contribution is 0.0950. The first-order chi connectivity index (χ1) is 14.0. The summed E-state index contributed by atoms with van der Waals surface area (Å²) in [7, 11) is 0. The number of amides is 1. The van der Waals surface area contributed by atoms with Gasteiger partial charge in [-0.3, -0.25) is 4.79 Å². The maximum atomic E-state index is 12.9. The van der Waals surface area contributed by atoms with Crippen LogP contribution in [0.1, 0.15) is 26.7 Å². The lowest BCUT2D eigenvalue weighted by Gasteiger charge is -2.06. The fourth-order valence-corrected chi connectivity index (χ4v) is 4.25. The van der Waals surface area contributed by atoms with Gasteiger partial charge >= 0.3 is 0 Å². The minimum atomic E-state index is -0.257. The fraction of sp³-hybridized carbons (Fsp3) is 0.136. The zero-order valence-electron chi connectivity index (χ0n) is 15.9. The van der Waals surface area contributed by atoms with Crippen molar-refractivity contribution in [2.24, 2.45) is 0 Å². The van der Waals surface area contributed by atoms with Gasteiger partial charge in [0, 0.05) is 16.0 Å². The number of nitrogens with one attached hydrogen (secondary N) is 1. The van der Waals surface area contributed by atoms with Gasteiger partial charge in [-0.1, -0.05) is 65.3 Å². The van der Waals surface area contributed by atoms with Crippen molar-refractivity contribution in [2.45, 2.75) is 20.4 Å². The molecule has 0 aliphatic rings. The molecular weight excluding hydrogens is 406 g/mol. The van der Waals surface area contributed by atoms with E-state index in [0.717, 1.165) is 21.1 Å². The van der Waals surface area contributed by atoms with E-state index in [0.29, 0.717) is 34.1 Å². The fourth-order valence-electron chi connectivity index (χ4n) is 3.02. The van der Waals surface area contributed by atoms with Gasteiger partial charge < -0.3 is 9.84 Å². The van der Waals surface area contributed by atoms with E-state index in [1.54, 1.807) is 24.3 Å². The Morgan fingerprint density at radius 2 is 1.83 bits per heavy atom. The summed E-state index contributed by atoms with van der Waals surface area (Å²) in [6.07, 6.45) is 0. The lowest BCUT2D eigenvalue weighted by Crippen LogP contribution is -2.23. The van der Waals surface area contributed by atoms with Gasteiger partial charge in [-0.15, -0.1) is 11.3 Å². The third-order valence-electron chi connectivity index (χ3n) is 4.54. The second-order valence-electron chi connectivity index (χ2n) is 6.52. The van der Waals surface area contributed by atoms with E-state index in [4.69, 9.17) is 16.1 Å². The summed E-state index contributed by atoms with van der Waals surface area (Å²) in [6, 6.07) is 17.2. The van der Waals surface area contributed by atoms with Crippen LogP contribution in [0.2, 0.25) is 5.02 Å². The molecule has 0 saturated carbocycles. The van der Waals surface area contributed by atoms with E-state index in [9.17, 15) is 4.79 Å². The average molecular weight is 424 g/mol. The number of aromatic nitrogens is 2. The molecule has 146 valence electrons. The number of carbonyl (C=O) groups is 1. The highest BCUT2D eigenvalue weighted by atomic mass is 35.5. The number of hydrogen-bond acceptors (Lipinski definition) is 5. The van der Waals surface area contributed by atoms with Crippen LogP contribution in [-0.2, 0) is 6.54 Å². The minimum absolute atomic E-state index is 0.257. The summed E-state index contributed by atoms with van der Waals surface area (Å²) >= 11 is 7.85. The Balaban J connectivity index is 1.56. The van der Waals surface area contributed by atoms with E-state index in [2.05, 4.69) is 15.5 Å². The summed E-state index contributed by atoms with van der Waals surface area (Å²) < 4.78 is 5.28. The molecule has 0 saturated heterocycles. The number of hydrogen-bond donors (Lipinski definition) is 1. The van der Waals surface area contributed by atoms with Crippen LogP contribution in [0.3, 0.4) is 0 Å². The van der Waals surface area contributed by atoms with Gasteiger partial charge in [-0.2, -0.15) is 0 Å². The van der Waals surface area contributed by atoms with Crippen LogP contribution in [-0.4, -0.2) is 16.0 Å². The number of benzene rings is 2. The minimum Gasteiger partial charge on any atom is -0.360 e. The highest BCUT2D eigenvalue weighted by Gasteiger charge is 2.23. The number of thiazole rings is 1. The van der Waals surface area contributed by atoms with Gasteiger partial charge in [-0.25, -0.2) is 4.98 Å². The first kappa shape index (κ1) is 19.4. The van der Waals surface area contributed by atoms with Crippen molar-refractivity contribution in [1.82, 2.24) is 15.5 Å². The van der Waals surface area contributed by atoms with Crippen molar-refractivity contribution in [2.75, 3.05) is 0 Å². The number of nitrogens with zero attached hydrogens (tertiary/aromatic N) is 2. The molecule has 0 spiro atoms. The van der Waals surface area contributed by atoms with Crippen LogP contribution in [0.5, 0.6) is 0 Å². The van der Waals surface area contributed by atoms with Crippen LogP contribution < -0.4 is 5.32 Å². The first-order valence-electron chi connectivity index (χ1n) is 9.05. The van der Waals surface area contributed by atoms with Crippen LogP contribution in [0, 0.1) is 13.8 Å². The summed E-state index contributed by atoms with van der Waals surface area (Å²) in [5.74, 6) is 0.191. The van der Waals surface area contributed by atoms with E-state index < -0.39 is 0 Å². The zero-order valence-corrected chi connectivity index (χ0v) is 17.5. The standard InChI is InChI=1S/C22H18ClN3O2S/c1-13-18(29-22(25-13)15-8-4-3-5-9-15)12-24-21(27)19-14(2)28-26-20(19)16-10-6-7-11-17(16)23/h3-11H,12H2,1-2H3,(H,24,27). The maximum Gasteiger partial charge on any atom is 0.257 e. The maximum absolute atomic E-state index is 12.9. The number of halogens is 1. The third kappa shape index (κ3) is 3.95. The molecule has 0 aliphatic carbocycles. The quantitative estimate of drug-likeness (QED) is 0.449. The van der Waals surface area contributed by atoms with Crippen LogP contribution in [0.15, 0.2) is 59.1 Å². The third-order valence-corrected chi connectivity index (χ3v) is 6.08. The van der Waals surface area contributed by atoms with Gasteiger partial charge in [0.25, 0.3) is 5.91 Å². The van der Waals surface area contributed by atoms with Crippen molar-refractivity contribution in [3.05, 3.63) is 81.5 Å². The van der Waals surface area contributed by atoms with Crippen molar-refractivity contribution in [1.29, 1.82) is 0 Å². The monoisotopic (exact) mass is 423 g/mol. The summed E-state index contributed by atoms with van der Waals surface area (Å²) in [5, 5.41) is 8.47. The van der Waals surface area contributed by atoms with E-state index >= 15 is 0 Å².